The number of nitrogens with zero attached hydrogens (tertiary/aromatic N) is 2. The van der Waals surface area contributed by atoms with Gasteiger partial charge in [-0.2, -0.15) is 5.26 Å². The molecule has 0 aromatic heterocycles. The van der Waals surface area contributed by atoms with Crippen LogP contribution in [0.15, 0.2) is 24.3 Å². The van der Waals surface area contributed by atoms with Gasteiger partial charge in [-0.05, 0) is 37.8 Å². The Hall–Kier alpha value is -2.02. The number of nitriles is 1. The van der Waals surface area contributed by atoms with E-state index in [0.29, 0.717) is 23.8 Å². The maximum atomic E-state index is 12.0. The normalized spacial score (nSPS) is 13.7. The Bertz CT molecular complexity index is 489. The first kappa shape index (κ1) is 13.4. The van der Waals surface area contributed by atoms with Gasteiger partial charge in [-0.25, -0.2) is 0 Å². The van der Waals surface area contributed by atoms with Crippen molar-refractivity contribution >= 4 is 5.91 Å². The standard InChI is InChI=1S/C15H18N2O2/c1-2-17(10-12-7-8-12)15(18)11-19-14-6-4-3-5-13(14)9-16/h3-6,12H,2,7-8,10-11H2,1H3. The Morgan fingerprint density at radius 2 is 2.21 bits per heavy atom. The molecule has 4 nitrogen and oxygen atoms in total. The van der Waals surface area contributed by atoms with Gasteiger partial charge in [0.25, 0.3) is 5.91 Å². The van der Waals surface area contributed by atoms with Gasteiger partial charge in [0, 0.05) is 13.1 Å². The van der Waals surface area contributed by atoms with Gasteiger partial charge in [0.15, 0.2) is 6.61 Å². The van der Waals surface area contributed by atoms with E-state index in [-0.39, 0.29) is 12.5 Å². The molecule has 100 valence electrons. The van der Waals surface area contributed by atoms with Crippen molar-refractivity contribution < 1.29 is 9.53 Å². The highest BCUT2D eigenvalue weighted by molar-refractivity contribution is 5.77. The highest BCUT2D eigenvalue weighted by Crippen LogP contribution is 2.29. The Morgan fingerprint density at radius 1 is 1.47 bits per heavy atom. The molecule has 1 aromatic carbocycles. The lowest BCUT2D eigenvalue weighted by Gasteiger charge is -2.20. The first-order chi connectivity index (χ1) is 9.24. The summed E-state index contributed by atoms with van der Waals surface area (Å²) < 4.78 is 5.46. The summed E-state index contributed by atoms with van der Waals surface area (Å²) >= 11 is 0. The summed E-state index contributed by atoms with van der Waals surface area (Å²) in [6.45, 7) is 3.51. The van der Waals surface area contributed by atoms with Crippen LogP contribution in [0.4, 0.5) is 0 Å². The molecule has 4 heteroatoms. The number of likely N-dealkylation sites (N-methyl/N-ethyl adjacent to an activating group) is 1. The summed E-state index contributed by atoms with van der Waals surface area (Å²) in [5.41, 5.74) is 0.459. The quantitative estimate of drug-likeness (QED) is 0.786. The molecule has 0 radical (unpaired) electrons. The van der Waals surface area contributed by atoms with Crippen LogP contribution in [-0.2, 0) is 4.79 Å². The van der Waals surface area contributed by atoms with Crippen molar-refractivity contribution in [1.29, 1.82) is 5.26 Å². The van der Waals surface area contributed by atoms with Crippen LogP contribution in [0, 0.1) is 17.2 Å². The molecular formula is C15H18N2O2. The second-order valence-corrected chi connectivity index (χ2v) is 4.77. The zero-order valence-electron chi connectivity index (χ0n) is 11.1. The first-order valence-electron chi connectivity index (χ1n) is 6.64. The predicted octanol–water partition coefficient (Wildman–Crippen LogP) is 2.20. The molecule has 0 N–H and O–H groups in total. The third kappa shape index (κ3) is 3.72. The minimum absolute atomic E-state index is 0.000741. The summed E-state index contributed by atoms with van der Waals surface area (Å²) in [5, 5.41) is 8.94. The van der Waals surface area contributed by atoms with Crippen molar-refractivity contribution in [1.82, 2.24) is 4.90 Å². The molecule has 0 atom stereocenters. The molecular weight excluding hydrogens is 240 g/mol. The molecule has 19 heavy (non-hydrogen) atoms. The van der Waals surface area contributed by atoms with Crippen molar-refractivity contribution in [2.75, 3.05) is 19.7 Å². The number of carbonyl (C=O) groups is 1. The smallest absolute Gasteiger partial charge is 0.260 e. The van der Waals surface area contributed by atoms with E-state index in [1.165, 1.54) is 12.8 Å². The molecule has 1 aromatic rings. The number of hydrogen-bond donors (Lipinski definition) is 0. The zero-order chi connectivity index (χ0) is 13.7. The van der Waals surface area contributed by atoms with Crippen molar-refractivity contribution in [2.24, 2.45) is 5.92 Å². The van der Waals surface area contributed by atoms with Crippen molar-refractivity contribution in [3.63, 3.8) is 0 Å². The second-order valence-electron chi connectivity index (χ2n) is 4.77. The fraction of sp³-hybridized carbons (Fsp3) is 0.467. The molecule has 0 spiro atoms. The average molecular weight is 258 g/mol. The van der Waals surface area contributed by atoms with E-state index in [4.69, 9.17) is 10.00 Å². The Morgan fingerprint density at radius 3 is 2.84 bits per heavy atom. The van der Waals surface area contributed by atoms with E-state index in [1.54, 1.807) is 24.3 Å². The van der Waals surface area contributed by atoms with E-state index >= 15 is 0 Å². The van der Waals surface area contributed by atoms with Gasteiger partial charge in [0.2, 0.25) is 0 Å². The lowest BCUT2D eigenvalue weighted by Crippen LogP contribution is -2.36. The zero-order valence-corrected chi connectivity index (χ0v) is 11.1. The summed E-state index contributed by atoms with van der Waals surface area (Å²) in [6.07, 6.45) is 2.45. The summed E-state index contributed by atoms with van der Waals surface area (Å²) in [4.78, 5) is 13.9. The lowest BCUT2D eigenvalue weighted by atomic mass is 10.2. The summed E-state index contributed by atoms with van der Waals surface area (Å²) in [7, 11) is 0. The molecule has 1 amide bonds. The van der Waals surface area contributed by atoms with Crippen LogP contribution >= 0.6 is 0 Å². The minimum atomic E-state index is -0.0119. The largest absolute Gasteiger partial charge is 0.482 e. The number of para-hydroxylation sites is 1. The molecule has 1 fully saturated rings. The molecule has 1 aliphatic rings. The van der Waals surface area contributed by atoms with E-state index < -0.39 is 0 Å². The topological polar surface area (TPSA) is 53.3 Å². The highest BCUT2D eigenvalue weighted by atomic mass is 16.5. The van der Waals surface area contributed by atoms with Gasteiger partial charge in [-0.15, -0.1) is 0 Å². The summed E-state index contributed by atoms with van der Waals surface area (Å²) in [6, 6.07) is 9.02. The van der Waals surface area contributed by atoms with Crippen molar-refractivity contribution in [3.8, 4) is 11.8 Å². The van der Waals surface area contributed by atoms with Crippen molar-refractivity contribution in [2.45, 2.75) is 19.8 Å². The monoisotopic (exact) mass is 258 g/mol. The number of carbonyl (C=O) groups excluding carboxylic acids is 1. The maximum absolute atomic E-state index is 12.0. The van der Waals surface area contributed by atoms with Crippen LogP contribution in [0.1, 0.15) is 25.3 Å². The number of benzene rings is 1. The molecule has 0 heterocycles. The Labute approximate surface area is 113 Å². The number of amides is 1. The first-order valence-corrected chi connectivity index (χ1v) is 6.64. The third-order valence-electron chi connectivity index (χ3n) is 3.27. The van der Waals surface area contributed by atoms with Crippen molar-refractivity contribution in [3.05, 3.63) is 29.8 Å². The molecule has 0 aliphatic heterocycles. The molecule has 1 saturated carbocycles. The van der Waals surface area contributed by atoms with Crippen LogP contribution in [0.3, 0.4) is 0 Å². The SMILES string of the molecule is CCN(CC1CC1)C(=O)COc1ccccc1C#N. The molecule has 0 unspecified atom stereocenters. The third-order valence-corrected chi connectivity index (χ3v) is 3.27. The molecule has 0 saturated heterocycles. The van der Waals surface area contributed by atoms with Gasteiger partial charge >= 0.3 is 0 Å². The predicted molar refractivity (Wildman–Crippen MR) is 71.6 cm³/mol. The van der Waals surface area contributed by atoms with Gasteiger partial charge in [-0.3, -0.25) is 4.79 Å². The van der Waals surface area contributed by atoms with E-state index in [2.05, 4.69) is 6.07 Å². The van der Waals surface area contributed by atoms with Crippen LogP contribution in [0.5, 0.6) is 5.75 Å². The van der Waals surface area contributed by atoms with E-state index in [9.17, 15) is 4.79 Å². The Balaban J connectivity index is 1.89. The maximum Gasteiger partial charge on any atom is 0.260 e. The van der Waals surface area contributed by atoms with E-state index in [0.717, 1.165) is 6.54 Å². The van der Waals surface area contributed by atoms with Gasteiger partial charge in [0.05, 0.1) is 5.56 Å². The molecule has 0 bridgehead atoms. The van der Waals surface area contributed by atoms with E-state index in [1.807, 2.05) is 11.8 Å². The van der Waals surface area contributed by atoms with Gasteiger partial charge < -0.3 is 9.64 Å². The van der Waals surface area contributed by atoms with Gasteiger partial charge in [-0.1, -0.05) is 12.1 Å². The number of ether oxygens (including phenoxy) is 1. The average Bonchev–Trinajstić information content (AvgIpc) is 3.26. The highest BCUT2D eigenvalue weighted by Gasteiger charge is 2.26. The Kier molecular flexibility index (Phi) is 4.40. The summed E-state index contributed by atoms with van der Waals surface area (Å²) in [5.74, 6) is 1.14. The van der Waals surface area contributed by atoms with Crippen LogP contribution in [0.25, 0.3) is 0 Å². The minimum Gasteiger partial charge on any atom is -0.482 e. The fourth-order valence-corrected chi connectivity index (χ4v) is 1.94. The number of rotatable bonds is 6. The second kappa shape index (κ2) is 6.24. The van der Waals surface area contributed by atoms with Gasteiger partial charge in [0.1, 0.15) is 11.8 Å². The number of hydrogen-bond acceptors (Lipinski definition) is 3. The van der Waals surface area contributed by atoms with Crippen LogP contribution in [-0.4, -0.2) is 30.5 Å². The molecule has 1 aliphatic carbocycles. The van der Waals surface area contributed by atoms with Crippen LogP contribution < -0.4 is 4.74 Å². The van der Waals surface area contributed by atoms with Crippen LogP contribution in [0.2, 0.25) is 0 Å². The lowest BCUT2D eigenvalue weighted by molar-refractivity contribution is -0.133. The fourth-order valence-electron chi connectivity index (χ4n) is 1.94. The molecule has 2 rings (SSSR count).